The van der Waals surface area contributed by atoms with Crippen LogP contribution in [0.15, 0.2) is 47.1 Å². The summed E-state index contributed by atoms with van der Waals surface area (Å²) in [7, 11) is 0. The number of furan rings is 1. The Balaban J connectivity index is 1.96. The summed E-state index contributed by atoms with van der Waals surface area (Å²) in [5, 5.41) is 2.74. The summed E-state index contributed by atoms with van der Waals surface area (Å²) in [5.41, 5.74) is 2.47. The number of benzene rings is 1. The number of carbonyl (C=O) groups is 2. The highest BCUT2D eigenvalue weighted by molar-refractivity contribution is 8.13. The minimum atomic E-state index is -0.550. The van der Waals surface area contributed by atoms with Crippen LogP contribution in [-0.2, 0) is 16.0 Å². The Morgan fingerprint density at radius 3 is 2.27 bits per heavy atom. The van der Waals surface area contributed by atoms with E-state index >= 15 is 0 Å². The quantitative estimate of drug-likeness (QED) is 0.791. The van der Waals surface area contributed by atoms with Crippen LogP contribution in [0.3, 0.4) is 0 Å². The van der Waals surface area contributed by atoms with Gasteiger partial charge in [0.1, 0.15) is 6.04 Å². The molecule has 26 heavy (non-hydrogen) atoms. The molecule has 1 aromatic carbocycles. The largest absolute Gasteiger partial charge is 0.459 e. The smallest absolute Gasteiger partial charge is 0.287 e. The standard InChI is InChI=1S/C21H27NO3S/c1-14(2)18(22-19(23)17-7-6-12-25-17)20(24)26-13-15-8-10-16(11-9-15)21(3,4)5/h6-12,14,18H,13H2,1-5H3,(H,22,23). The molecule has 1 heterocycles. The Morgan fingerprint density at radius 1 is 1.12 bits per heavy atom. The summed E-state index contributed by atoms with van der Waals surface area (Å²) in [6, 6.07) is 11.0. The molecule has 0 fully saturated rings. The van der Waals surface area contributed by atoms with Crippen LogP contribution < -0.4 is 5.32 Å². The van der Waals surface area contributed by atoms with Gasteiger partial charge in [-0.3, -0.25) is 9.59 Å². The van der Waals surface area contributed by atoms with Gasteiger partial charge in [0, 0.05) is 5.75 Å². The Kier molecular flexibility index (Phi) is 6.70. The molecule has 1 N–H and O–H groups in total. The molecule has 1 aromatic heterocycles. The van der Waals surface area contributed by atoms with Gasteiger partial charge in [0.2, 0.25) is 5.12 Å². The van der Waals surface area contributed by atoms with E-state index in [4.69, 9.17) is 4.42 Å². The van der Waals surface area contributed by atoms with Crippen molar-refractivity contribution >= 4 is 22.8 Å². The van der Waals surface area contributed by atoms with Crippen molar-refractivity contribution in [3.63, 3.8) is 0 Å². The highest BCUT2D eigenvalue weighted by Crippen LogP contribution is 2.24. The number of nitrogens with one attached hydrogen (secondary N) is 1. The van der Waals surface area contributed by atoms with Gasteiger partial charge in [-0.2, -0.15) is 0 Å². The van der Waals surface area contributed by atoms with Gasteiger partial charge in [-0.05, 0) is 34.6 Å². The summed E-state index contributed by atoms with van der Waals surface area (Å²) in [5.74, 6) is 0.434. The van der Waals surface area contributed by atoms with Crippen LogP contribution in [-0.4, -0.2) is 17.1 Å². The Labute approximate surface area is 159 Å². The van der Waals surface area contributed by atoms with E-state index in [1.165, 1.54) is 23.6 Å². The fourth-order valence-electron chi connectivity index (χ4n) is 2.46. The molecule has 2 rings (SSSR count). The van der Waals surface area contributed by atoms with Gasteiger partial charge in [0.25, 0.3) is 5.91 Å². The van der Waals surface area contributed by atoms with E-state index in [9.17, 15) is 9.59 Å². The van der Waals surface area contributed by atoms with Crippen molar-refractivity contribution in [2.24, 2.45) is 5.92 Å². The van der Waals surface area contributed by atoms with Crippen molar-refractivity contribution in [1.82, 2.24) is 5.32 Å². The molecule has 1 unspecified atom stereocenters. The molecule has 0 saturated heterocycles. The molecule has 0 saturated carbocycles. The first kappa shape index (κ1) is 20.3. The molecule has 0 aliphatic carbocycles. The van der Waals surface area contributed by atoms with Crippen molar-refractivity contribution in [3.8, 4) is 0 Å². The fraction of sp³-hybridized carbons (Fsp3) is 0.429. The average Bonchev–Trinajstić information content (AvgIpc) is 3.11. The zero-order valence-corrected chi connectivity index (χ0v) is 16.9. The molecule has 1 atom stereocenters. The summed E-state index contributed by atoms with van der Waals surface area (Å²) >= 11 is 1.23. The molecule has 0 aliphatic heterocycles. The summed E-state index contributed by atoms with van der Waals surface area (Å²) in [6.07, 6.45) is 1.44. The van der Waals surface area contributed by atoms with Gasteiger partial charge in [-0.25, -0.2) is 0 Å². The van der Waals surface area contributed by atoms with Crippen LogP contribution >= 0.6 is 11.8 Å². The first-order valence-electron chi connectivity index (χ1n) is 8.79. The van der Waals surface area contributed by atoms with Crippen molar-refractivity contribution in [2.45, 2.75) is 51.8 Å². The lowest BCUT2D eigenvalue weighted by molar-refractivity contribution is -0.113. The van der Waals surface area contributed by atoms with Gasteiger partial charge in [-0.1, -0.05) is 70.6 Å². The van der Waals surface area contributed by atoms with Crippen LogP contribution in [0, 0.1) is 5.92 Å². The van der Waals surface area contributed by atoms with Gasteiger partial charge in [0.15, 0.2) is 5.76 Å². The highest BCUT2D eigenvalue weighted by atomic mass is 32.2. The third-order valence-corrected chi connectivity index (χ3v) is 5.17. The van der Waals surface area contributed by atoms with Gasteiger partial charge in [0.05, 0.1) is 6.26 Å². The van der Waals surface area contributed by atoms with Crippen LogP contribution in [0.2, 0.25) is 0 Å². The molecular formula is C21H27NO3S. The van der Waals surface area contributed by atoms with Crippen LogP contribution in [0.5, 0.6) is 0 Å². The molecule has 0 radical (unpaired) electrons. The van der Waals surface area contributed by atoms with Crippen LogP contribution in [0.1, 0.15) is 56.3 Å². The lowest BCUT2D eigenvalue weighted by atomic mass is 9.87. The highest BCUT2D eigenvalue weighted by Gasteiger charge is 2.26. The first-order valence-corrected chi connectivity index (χ1v) is 9.77. The van der Waals surface area contributed by atoms with Crippen molar-refractivity contribution < 1.29 is 14.0 Å². The Hall–Kier alpha value is -2.01. The molecule has 4 nitrogen and oxygen atoms in total. The summed E-state index contributed by atoms with van der Waals surface area (Å²) in [6.45, 7) is 10.4. The number of amides is 1. The fourth-order valence-corrected chi connectivity index (χ4v) is 3.48. The minimum absolute atomic E-state index is 0.00261. The zero-order chi connectivity index (χ0) is 19.3. The predicted molar refractivity (Wildman–Crippen MR) is 106 cm³/mol. The average molecular weight is 374 g/mol. The molecule has 0 spiro atoms. The monoisotopic (exact) mass is 373 g/mol. The zero-order valence-electron chi connectivity index (χ0n) is 16.0. The second-order valence-corrected chi connectivity index (χ2v) is 8.71. The molecule has 140 valence electrons. The van der Waals surface area contributed by atoms with E-state index in [0.717, 1.165) is 5.56 Å². The molecule has 5 heteroatoms. The third-order valence-electron chi connectivity index (χ3n) is 4.15. The second-order valence-electron chi connectivity index (χ2n) is 7.73. The van der Waals surface area contributed by atoms with E-state index in [2.05, 4.69) is 50.4 Å². The topological polar surface area (TPSA) is 59.3 Å². The maximum atomic E-state index is 12.6. The third kappa shape index (κ3) is 5.49. The number of thioether (sulfide) groups is 1. The first-order chi connectivity index (χ1) is 12.2. The van der Waals surface area contributed by atoms with Crippen LogP contribution in [0.25, 0.3) is 0 Å². The summed E-state index contributed by atoms with van der Waals surface area (Å²) in [4.78, 5) is 24.8. The van der Waals surface area contributed by atoms with Crippen molar-refractivity contribution in [1.29, 1.82) is 0 Å². The normalized spacial score (nSPS) is 12.8. The SMILES string of the molecule is CC(C)C(NC(=O)c1ccco1)C(=O)SCc1ccc(C(C)(C)C)cc1. The maximum absolute atomic E-state index is 12.6. The number of rotatable bonds is 6. The van der Waals surface area contributed by atoms with E-state index in [0.29, 0.717) is 5.75 Å². The van der Waals surface area contributed by atoms with Crippen molar-refractivity contribution in [2.75, 3.05) is 0 Å². The number of hydrogen-bond acceptors (Lipinski definition) is 4. The van der Waals surface area contributed by atoms with Crippen LogP contribution in [0.4, 0.5) is 0 Å². The number of carbonyl (C=O) groups excluding carboxylic acids is 2. The summed E-state index contributed by atoms with van der Waals surface area (Å²) < 4.78 is 5.09. The molecule has 0 bridgehead atoms. The predicted octanol–water partition coefficient (Wildman–Crippen LogP) is 4.79. The Morgan fingerprint density at radius 2 is 1.77 bits per heavy atom. The molecule has 0 aliphatic rings. The Bertz CT molecular complexity index is 728. The van der Waals surface area contributed by atoms with E-state index < -0.39 is 6.04 Å². The number of hydrogen-bond donors (Lipinski definition) is 1. The molecular weight excluding hydrogens is 346 g/mol. The second kappa shape index (κ2) is 8.58. The van der Waals surface area contributed by atoms with E-state index in [-0.39, 0.29) is 28.1 Å². The van der Waals surface area contributed by atoms with E-state index in [1.807, 2.05) is 13.8 Å². The lowest BCUT2D eigenvalue weighted by Gasteiger charge is -2.20. The van der Waals surface area contributed by atoms with Gasteiger partial charge < -0.3 is 9.73 Å². The molecule has 2 aromatic rings. The van der Waals surface area contributed by atoms with Gasteiger partial charge in [-0.15, -0.1) is 0 Å². The lowest BCUT2D eigenvalue weighted by Crippen LogP contribution is -2.43. The maximum Gasteiger partial charge on any atom is 0.287 e. The molecule has 1 amide bonds. The van der Waals surface area contributed by atoms with E-state index in [1.54, 1.807) is 12.1 Å². The van der Waals surface area contributed by atoms with Gasteiger partial charge >= 0.3 is 0 Å². The van der Waals surface area contributed by atoms with Crippen molar-refractivity contribution in [3.05, 3.63) is 59.5 Å². The minimum Gasteiger partial charge on any atom is -0.459 e.